The molecule has 0 aromatic heterocycles. The fourth-order valence-electron chi connectivity index (χ4n) is 8.21. The van der Waals surface area contributed by atoms with Crippen molar-refractivity contribution < 1.29 is 24.2 Å². The van der Waals surface area contributed by atoms with Crippen molar-refractivity contribution in [1.82, 2.24) is 0 Å². The molecule has 0 heterocycles. The van der Waals surface area contributed by atoms with Crippen LogP contribution < -0.4 is 0 Å². The molecule has 340 valence electrons. The lowest BCUT2D eigenvalue weighted by molar-refractivity contribution is -0.161. The Morgan fingerprint density at radius 3 is 0.772 bits per heavy atom. The Bertz CT molecular complexity index is 784. The highest BCUT2D eigenvalue weighted by molar-refractivity contribution is 5.70. The molecule has 0 radical (unpaired) electrons. The molecular weight excluding hydrogens is 705 g/mol. The van der Waals surface area contributed by atoms with Gasteiger partial charge in [0.15, 0.2) is 6.10 Å². The molecule has 0 bridgehead atoms. The summed E-state index contributed by atoms with van der Waals surface area (Å²) in [5, 5.41) is 9.63. The molecule has 5 heteroatoms. The predicted octanol–water partition coefficient (Wildman–Crippen LogP) is 17.0. The molecule has 1 atom stereocenters. The van der Waals surface area contributed by atoms with Gasteiger partial charge >= 0.3 is 11.9 Å². The van der Waals surface area contributed by atoms with Crippen LogP contribution in [0.4, 0.5) is 0 Å². The van der Waals surface area contributed by atoms with Crippen molar-refractivity contribution in [1.29, 1.82) is 0 Å². The number of carbonyl (C=O) groups is 2. The maximum atomic E-state index is 12.3. The fourth-order valence-corrected chi connectivity index (χ4v) is 8.21. The van der Waals surface area contributed by atoms with Gasteiger partial charge in [-0.25, -0.2) is 0 Å². The molecule has 1 N–H and O–H groups in total. The van der Waals surface area contributed by atoms with Crippen LogP contribution in [0.25, 0.3) is 0 Å². The average Bonchev–Trinajstić information content (AvgIpc) is 3.21. The number of carbonyl (C=O) groups excluding carboxylic acids is 2. The predicted molar refractivity (Wildman–Crippen MR) is 247 cm³/mol. The van der Waals surface area contributed by atoms with Crippen LogP contribution in [0.2, 0.25) is 0 Å². The molecule has 0 amide bonds. The SMILES string of the molecule is CCCCCCCCCCCCCCCCCCCCCCCCCC(=O)OC(CO)COC(=O)CCCCCCCCCCCCCCCCCCCCCC. The summed E-state index contributed by atoms with van der Waals surface area (Å²) in [6.45, 7) is 4.20. The van der Waals surface area contributed by atoms with Crippen molar-refractivity contribution in [2.75, 3.05) is 13.2 Å². The highest BCUT2D eigenvalue weighted by atomic mass is 16.6. The van der Waals surface area contributed by atoms with Crippen molar-refractivity contribution in [3.63, 3.8) is 0 Å². The topological polar surface area (TPSA) is 72.8 Å². The summed E-state index contributed by atoms with van der Waals surface area (Å²) in [6.07, 6.45) is 57.8. The van der Waals surface area contributed by atoms with E-state index in [2.05, 4.69) is 13.8 Å². The van der Waals surface area contributed by atoms with Gasteiger partial charge in [0, 0.05) is 12.8 Å². The normalized spacial score (nSPS) is 12.0. The zero-order valence-corrected chi connectivity index (χ0v) is 38.9. The van der Waals surface area contributed by atoms with Crippen molar-refractivity contribution >= 4 is 11.9 Å². The van der Waals surface area contributed by atoms with Gasteiger partial charge in [0.2, 0.25) is 0 Å². The zero-order valence-electron chi connectivity index (χ0n) is 38.9. The molecule has 5 nitrogen and oxygen atoms in total. The van der Waals surface area contributed by atoms with Gasteiger partial charge in [-0.05, 0) is 12.8 Å². The van der Waals surface area contributed by atoms with Gasteiger partial charge < -0.3 is 14.6 Å². The van der Waals surface area contributed by atoms with E-state index in [9.17, 15) is 14.7 Å². The van der Waals surface area contributed by atoms with E-state index in [1.807, 2.05) is 0 Å². The lowest BCUT2D eigenvalue weighted by atomic mass is 10.0. The standard InChI is InChI=1S/C52H102O5/c1-3-5-7-9-11-13-15-17-19-21-23-25-26-27-29-31-33-35-37-39-41-43-45-47-52(55)57-50(48-53)49-56-51(54)46-44-42-40-38-36-34-32-30-28-24-22-20-18-16-14-12-10-8-6-4-2/h50,53H,3-49H2,1-2H3. The minimum atomic E-state index is -0.763. The number of hydrogen-bond donors (Lipinski definition) is 1. The minimum Gasteiger partial charge on any atom is -0.462 e. The van der Waals surface area contributed by atoms with Gasteiger partial charge in [-0.2, -0.15) is 0 Å². The lowest BCUT2D eigenvalue weighted by Gasteiger charge is -2.15. The molecule has 0 aliphatic heterocycles. The summed E-state index contributed by atoms with van der Waals surface area (Å²) < 4.78 is 10.7. The van der Waals surface area contributed by atoms with Crippen molar-refractivity contribution in [3.05, 3.63) is 0 Å². The Labute approximate surface area is 357 Å². The third kappa shape index (κ3) is 47.5. The van der Waals surface area contributed by atoms with E-state index in [1.165, 1.54) is 244 Å². The Balaban J connectivity index is 3.41. The second-order valence-corrected chi connectivity index (χ2v) is 18.0. The molecule has 0 fully saturated rings. The first-order valence-corrected chi connectivity index (χ1v) is 26.1. The van der Waals surface area contributed by atoms with Crippen molar-refractivity contribution in [2.24, 2.45) is 0 Å². The molecule has 0 aromatic carbocycles. The molecule has 1 unspecified atom stereocenters. The summed E-state index contributed by atoms with van der Waals surface area (Å²) in [5.74, 6) is -0.565. The Morgan fingerprint density at radius 2 is 0.544 bits per heavy atom. The number of aliphatic hydroxyl groups excluding tert-OH is 1. The Kier molecular flexibility index (Phi) is 48.3. The third-order valence-corrected chi connectivity index (χ3v) is 12.2. The lowest BCUT2D eigenvalue weighted by Crippen LogP contribution is -2.28. The van der Waals surface area contributed by atoms with Gasteiger partial charge in [0.25, 0.3) is 0 Å². The monoisotopic (exact) mass is 807 g/mol. The van der Waals surface area contributed by atoms with Gasteiger partial charge in [0.05, 0.1) is 6.61 Å². The van der Waals surface area contributed by atoms with Crippen LogP contribution in [0.5, 0.6) is 0 Å². The van der Waals surface area contributed by atoms with E-state index in [0.29, 0.717) is 12.8 Å². The van der Waals surface area contributed by atoms with E-state index in [0.717, 1.165) is 32.1 Å². The molecule has 0 saturated heterocycles. The highest BCUT2D eigenvalue weighted by Crippen LogP contribution is 2.18. The molecule has 0 spiro atoms. The van der Waals surface area contributed by atoms with Gasteiger partial charge in [-0.15, -0.1) is 0 Å². The molecule has 0 aromatic rings. The number of unbranched alkanes of at least 4 members (excludes halogenated alkanes) is 41. The average molecular weight is 807 g/mol. The van der Waals surface area contributed by atoms with Crippen LogP contribution in [-0.4, -0.2) is 36.4 Å². The maximum absolute atomic E-state index is 12.3. The maximum Gasteiger partial charge on any atom is 0.306 e. The summed E-state index contributed by atoms with van der Waals surface area (Å²) in [4.78, 5) is 24.4. The van der Waals surface area contributed by atoms with E-state index in [4.69, 9.17) is 9.47 Å². The molecule has 0 aliphatic rings. The Morgan fingerprint density at radius 1 is 0.333 bits per heavy atom. The van der Waals surface area contributed by atoms with Crippen LogP contribution in [0.15, 0.2) is 0 Å². The summed E-state index contributed by atoms with van der Waals surface area (Å²) >= 11 is 0. The van der Waals surface area contributed by atoms with E-state index < -0.39 is 6.10 Å². The number of ether oxygens (including phenoxy) is 2. The number of rotatable bonds is 49. The highest BCUT2D eigenvalue weighted by Gasteiger charge is 2.16. The molecule has 0 rings (SSSR count). The first-order valence-electron chi connectivity index (χ1n) is 26.1. The second kappa shape index (κ2) is 49.3. The van der Waals surface area contributed by atoms with Gasteiger partial charge in [-0.3, -0.25) is 9.59 Å². The molecule has 57 heavy (non-hydrogen) atoms. The van der Waals surface area contributed by atoms with Crippen LogP contribution in [-0.2, 0) is 19.1 Å². The number of hydrogen-bond acceptors (Lipinski definition) is 5. The van der Waals surface area contributed by atoms with E-state index >= 15 is 0 Å². The van der Waals surface area contributed by atoms with Crippen LogP contribution >= 0.6 is 0 Å². The van der Waals surface area contributed by atoms with Crippen molar-refractivity contribution in [2.45, 2.75) is 309 Å². The third-order valence-electron chi connectivity index (χ3n) is 12.2. The van der Waals surface area contributed by atoms with E-state index in [-0.39, 0.29) is 25.2 Å². The second-order valence-electron chi connectivity index (χ2n) is 18.0. The fraction of sp³-hybridized carbons (Fsp3) is 0.962. The van der Waals surface area contributed by atoms with Gasteiger partial charge in [0.1, 0.15) is 6.61 Å². The van der Waals surface area contributed by atoms with Crippen LogP contribution in [0.1, 0.15) is 303 Å². The summed E-state index contributed by atoms with van der Waals surface area (Å²) in [7, 11) is 0. The zero-order chi connectivity index (χ0) is 41.4. The summed E-state index contributed by atoms with van der Waals surface area (Å²) in [5.41, 5.74) is 0. The molecule has 0 aliphatic carbocycles. The van der Waals surface area contributed by atoms with E-state index in [1.54, 1.807) is 0 Å². The first kappa shape index (κ1) is 55.9. The quantitative estimate of drug-likeness (QED) is 0.0490. The number of esters is 2. The van der Waals surface area contributed by atoms with Gasteiger partial charge in [-0.1, -0.05) is 277 Å². The minimum absolute atomic E-state index is 0.0559. The van der Waals surface area contributed by atoms with Crippen LogP contribution in [0, 0.1) is 0 Å². The first-order chi connectivity index (χ1) is 28.1. The molecular formula is C52H102O5. The number of aliphatic hydroxyl groups is 1. The van der Waals surface area contributed by atoms with Crippen LogP contribution in [0.3, 0.4) is 0 Å². The largest absolute Gasteiger partial charge is 0.462 e. The molecule has 0 saturated carbocycles. The Hall–Kier alpha value is -1.10. The summed E-state index contributed by atoms with van der Waals surface area (Å²) in [6, 6.07) is 0. The van der Waals surface area contributed by atoms with Crippen molar-refractivity contribution in [3.8, 4) is 0 Å². The smallest absolute Gasteiger partial charge is 0.306 e.